The number of hydrogen-bond acceptors (Lipinski definition) is 2. The molecule has 0 fully saturated rings. The molecule has 0 aliphatic rings. The first kappa shape index (κ1) is 8.16. The highest BCUT2D eigenvalue weighted by atomic mass is 32.2. The quantitative estimate of drug-likeness (QED) is 0.390. The molecule has 1 atom stereocenters. The molecule has 0 amide bonds. The molecule has 0 radical (unpaired) electrons. The van der Waals surface area contributed by atoms with Crippen LogP contribution < -0.4 is 4.73 Å². The molecule has 0 saturated carbocycles. The summed E-state index contributed by atoms with van der Waals surface area (Å²) in [4.78, 5) is 0. The Morgan fingerprint density at radius 3 is 3.00 bits per heavy atom. The van der Waals surface area contributed by atoms with Gasteiger partial charge in [0.05, 0.1) is 5.75 Å². The lowest BCUT2D eigenvalue weighted by Crippen LogP contribution is -2.24. The molecule has 0 bridgehead atoms. The normalized spacial score (nSPS) is 12.8. The van der Waals surface area contributed by atoms with Crippen molar-refractivity contribution in [2.24, 2.45) is 0 Å². The first-order valence-electron chi connectivity index (χ1n) is 2.93. The third kappa shape index (κ3) is 2.65. The van der Waals surface area contributed by atoms with Gasteiger partial charge >= 0.3 is 0 Å². The van der Waals surface area contributed by atoms with Crippen molar-refractivity contribution >= 4 is 11.1 Å². The zero-order valence-corrected chi connectivity index (χ0v) is 6.45. The molecule has 1 heterocycles. The molecule has 4 nitrogen and oxygen atoms in total. The van der Waals surface area contributed by atoms with Crippen LogP contribution in [0.15, 0.2) is 24.5 Å². The predicted molar refractivity (Wildman–Crippen MR) is 39.9 cm³/mol. The van der Waals surface area contributed by atoms with Gasteiger partial charge in [-0.25, -0.2) is 4.21 Å². The number of pyridine rings is 1. The van der Waals surface area contributed by atoms with Gasteiger partial charge in [-0.05, 0) is 6.07 Å². The Labute approximate surface area is 66.4 Å². The Morgan fingerprint density at radius 1 is 1.73 bits per heavy atom. The SMILES string of the molecule is O=S(O)Cc1ccc[n+]([O-])c1. The Kier molecular flexibility index (Phi) is 2.56. The van der Waals surface area contributed by atoms with Gasteiger partial charge < -0.3 is 9.76 Å². The molecule has 11 heavy (non-hydrogen) atoms. The van der Waals surface area contributed by atoms with Gasteiger partial charge in [-0.2, -0.15) is 4.73 Å². The molecule has 1 rings (SSSR count). The lowest BCUT2D eigenvalue weighted by atomic mass is 10.3. The molecule has 0 aliphatic carbocycles. The minimum atomic E-state index is -1.88. The number of hydrogen-bond donors (Lipinski definition) is 1. The molecular formula is C6H7NO3S. The van der Waals surface area contributed by atoms with Gasteiger partial charge in [0, 0.05) is 11.6 Å². The molecule has 60 valence electrons. The largest absolute Gasteiger partial charge is 0.619 e. The van der Waals surface area contributed by atoms with Gasteiger partial charge in [-0.1, -0.05) is 0 Å². The fourth-order valence-electron chi connectivity index (χ4n) is 0.729. The Bertz CT molecular complexity index is 276. The third-order valence-electron chi connectivity index (χ3n) is 1.13. The molecule has 1 aromatic rings. The molecular weight excluding hydrogens is 166 g/mol. The van der Waals surface area contributed by atoms with Crippen LogP contribution in [0.1, 0.15) is 5.56 Å². The van der Waals surface area contributed by atoms with E-state index in [-0.39, 0.29) is 5.75 Å². The maximum atomic E-state index is 10.6. The highest BCUT2D eigenvalue weighted by Gasteiger charge is 1.99. The van der Waals surface area contributed by atoms with E-state index in [0.717, 1.165) is 0 Å². The van der Waals surface area contributed by atoms with Crippen molar-refractivity contribution in [3.8, 4) is 0 Å². The Morgan fingerprint density at radius 2 is 2.45 bits per heavy atom. The first-order chi connectivity index (χ1) is 5.18. The second-order valence-electron chi connectivity index (χ2n) is 2.04. The summed E-state index contributed by atoms with van der Waals surface area (Å²) in [6, 6.07) is 3.16. The molecule has 0 aliphatic heterocycles. The maximum absolute atomic E-state index is 10.6. The molecule has 0 spiro atoms. The zero-order valence-electron chi connectivity index (χ0n) is 5.64. The van der Waals surface area contributed by atoms with Crippen molar-refractivity contribution in [3.63, 3.8) is 0 Å². The van der Waals surface area contributed by atoms with Crippen LogP contribution in [0, 0.1) is 5.21 Å². The predicted octanol–water partition coefficient (Wildman–Crippen LogP) is 0.0417. The van der Waals surface area contributed by atoms with Gasteiger partial charge in [0.2, 0.25) is 0 Å². The summed E-state index contributed by atoms with van der Waals surface area (Å²) in [6.07, 6.45) is 2.60. The first-order valence-corrected chi connectivity index (χ1v) is 4.21. The van der Waals surface area contributed by atoms with E-state index in [1.165, 1.54) is 18.5 Å². The van der Waals surface area contributed by atoms with Crippen LogP contribution in [0.25, 0.3) is 0 Å². The summed E-state index contributed by atoms with van der Waals surface area (Å²) < 4.78 is 19.3. The van der Waals surface area contributed by atoms with Gasteiger partial charge in [0.1, 0.15) is 0 Å². The second-order valence-corrected chi connectivity index (χ2v) is 2.97. The average molecular weight is 173 g/mol. The third-order valence-corrected chi connectivity index (χ3v) is 1.71. The van der Waals surface area contributed by atoms with E-state index in [1.807, 2.05) is 0 Å². The van der Waals surface area contributed by atoms with Crippen LogP contribution in [-0.2, 0) is 16.8 Å². The summed E-state index contributed by atoms with van der Waals surface area (Å²) in [5.41, 5.74) is 0.559. The van der Waals surface area contributed by atoms with Crippen LogP contribution in [0.3, 0.4) is 0 Å². The topological polar surface area (TPSA) is 64.2 Å². The molecule has 1 unspecified atom stereocenters. The summed E-state index contributed by atoms with van der Waals surface area (Å²) in [5.74, 6) is 0.00306. The fraction of sp³-hybridized carbons (Fsp3) is 0.167. The minimum Gasteiger partial charge on any atom is -0.619 e. The molecule has 5 heteroatoms. The average Bonchev–Trinajstić information content (AvgIpc) is 1.85. The van der Waals surface area contributed by atoms with Crippen molar-refractivity contribution in [2.75, 3.05) is 0 Å². The van der Waals surface area contributed by atoms with Crippen molar-refractivity contribution in [2.45, 2.75) is 5.75 Å². The van der Waals surface area contributed by atoms with Crippen LogP contribution >= 0.6 is 0 Å². The number of nitrogens with zero attached hydrogens (tertiary/aromatic N) is 1. The molecule has 0 aromatic carbocycles. The highest BCUT2D eigenvalue weighted by Crippen LogP contribution is 1.96. The smallest absolute Gasteiger partial charge is 0.184 e. The van der Waals surface area contributed by atoms with Gasteiger partial charge in [0.15, 0.2) is 23.5 Å². The van der Waals surface area contributed by atoms with E-state index in [4.69, 9.17) is 4.55 Å². The number of rotatable bonds is 2. The van der Waals surface area contributed by atoms with Crippen molar-refractivity contribution in [1.29, 1.82) is 0 Å². The Balaban J connectivity index is 2.79. The van der Waals surface area contributed by atoms with E-state index in [0.29, 0.717) is 10.3 Å². The summed E-state index contributed by atoms with van der Waals surface area (Å²) in [6.45, 7) is 0. The van der Waals surface area contributed by atoms with Gasteiger partial charge in [-0.3, -0.25) is 0 Å². The second kappa shape index (κ2) is 3.45. The standard InChI is InChI=1S/C6H7NO3S/c8-7-3-1-2-6(4-7)5-11(9)10/h1-4H,5H2,(H,9,10). The van der Waals surface area contributed by atoms with Crippen molar-refractivity contribution in [3.05, 3.63) is 35.3 Å². The lowest BCUT2D eigenvalue weighted by Gasteiger charge is -1.96. The van der Waals surface area contributed by atoms with Gasteiger partial charge in [-0.15, -0.1) is 0 Å². The lowest BCUT2D eigenvalue weighted by molar-refractivity contribution is -0.605. The van der Waals surface area contributed by atoms with Crippen LogP contribution in [-0.4, -0.2) is 8.76 Å². The van der Waals surface area contributed by atoms with E-state index in [1.54, 1.807) is 6.07 Å². The Hall–Kier alpha value is -0.940. The summed E-state index contributed by atoms with van der Waals surface area (Å²) in [7, 11) is 0. The summed E-state index contributed by atoms with van der Waals surface area (Å²) in [5, 5.41) is 10.6. The fourth-order valence-corrected chi connectivity index (χ4v) is 1.18. The zero-order chi connectivity index (χ0) is 8.27. The van der Waals surface area contributed by atoms with Crippen molar-refractivity contribution in [1.82, 2.24) is 0 Å². The molecule has 0 saturated heterocycles. The van der Waals surface area contributed by atoms with Crippen LogP contribution in [0.4, 0.5) is 0 Å². The van der Waals surface area contributed by atoms with Crippen LogP contribution in [0.2, 0.25) is 0 Å². The van der Waals surface area contributed by atoms with E-state index in [9.17, 15) is 9.42 Å². The molecule has 1 N–H and O–H groups in total. The van der Waals surface area contributed by atoms with E-state index >= 15 is 0 Å². The van der Waals surface area contributed by atoms with Gasteiger partial charge in [0.25, 0.3) is 0 Å². The van der Waals surface area contributed by atoms with E-state index in [2.05, 4.69) is 0 Å². The van der Waals surface area contributed by atoms with Crippen LogP contribution in [0.5, 0.6) is 0 Å². The maximum Gasteiger partial charge on any atom is 0.184 e. The monoisotopic (exact) mass is 173 g/mol. The number of aromatic nitrogens is 1. The highest BCUT2D eigenvalue weighted by molar-refractivity contribution is 7.78. The van der Waals surface area contributed by atoms with E-state index < -0.39 is 11.1 Å². The minimum absolute atomic E-state index is 0.00306. The summed E-state index contributed by atoms with van der Waals surface area (Å²) >= 11 is -1.88. The molecule has 1 aromatic heterocycles. The van der Waals surface area contributed by atoms with Crippen molar-refractivity contribution < 1.29 is 13.5 Å².